The molecule has 0 bridgehead atoms. The molecule has 12 nitrogen and oxygen atoms in total. The second kappa shape index (κ2) is 9.92. The lowest BCUT2D eigenvalue weighted by Crippen LogP contribution is -2.63. The highest BCUT2D eigenvalue weighted by Crippen LogP contribution is 2.52. The van der Waals surface area contributed by atoms with Crippen molar-refractivity contribution in [1.29, 1.82) is 0 Å². The fraction of sp³-hybridized carbons (Fsp3) is 0.556. The monoisotopic (exact) mass is 543 g/mol. The molecule has 1 heterocycles. The molecule has 0 spiro atoms. The first-order chi connectivity index (χ1) is 18.5. The predicted molar refractivity (Wildman–Crippen MR) is 135 cm³/mol. The van der Waals surface area contributed by atoms with Crippen LogP contribution in [0.2, 0.25) is 0 Å². The number of primary amides is 1. The Bertz CT molecular complexity index is 1290. The standard InChI is InChI=1S/C27H33N3O9/c1-2-12-7-14(11-29-26(37)30-3-5-39-6-4-30)16-9-13-8-15-10-17(31)20(25(28)36)24(35)27(15,38)23(34)18(13)22(33)19(16)21(12)32/h7,13,15,17,20,31-32,34,38H,2-6,8-11H2,1H3,(H2,28,36)(H,29,37)/t13-,15+,17?,20?,27+/m1/s1. The van der Waals surface area contributed by atoms with E-state index in [1.165, 1.54) is 0 Å². The first-order valence-corrected chi connectivity index (χ1v) is 13.2. The number of hydrogen-bond donors (Lipinski definition) is 6. The van der Waals surface area contributed by atoms with E-state index in [0.29, 0.717) is 49.4 Å². The van der Waals surface area contributed by atoms with Crippen LogP contribution in [0.4, 0.5) is 4.79 Å². The molecule has 39 heavy (non-hydrogen) atoms. The number of rotatable bonds is 4. The maximum atomic E-state index is 13.8. The first kappa shape index (κ1) is 27.1. The predicted octanol–water partition coefficient (Wildman–Crippen LogP) is -0.150. The Morgan fingerprint density at radius 2 is 1.87 bits per heavy atom. The molecular formula is C27H33N3O9. The molecule has 2 fully saturated rings. The molecule has 1 saturated heterocycles. The van der Waals surface area contributed by atoms with Crippen LogP contribution < -0.4 is 11.1 Å². The maximum Gasteiger partial charge on any atom is 0.317 e. The third kappa shape index (κ3) is 4.17. The second-order valence-electron chi connectivity index (χ2n) is 10.7. The molecule has 210 valence electrons. The van der Waals surface area contributed by atoms with E-state index in [1.54, 1.807) is 17.9 Å². The number of phenols is 1. The molecule has 4 aliphatic rings. The van der Waals surface area contributed by atoms with E-state index < -0.39 is 52.7 Å². The van der Waals surface area contributed by atoms with E-state index in [9.17, 15) is 39.6 Å². The van der Waals surface area contributed by atoms with Gasteiger partial charge in [0.05, 0.1) is 24.9 Å². The topological polar surface area (TPSA) is 200 Å². The number of aromatic hydroxyl groups is 1. The van der Waals surface area contributed by atoms with Gasteiger partial charge in [0.25, 0.3) is 0 Å². The number of ketones is 2. The Morgan fingerprint density at radius 3 is 2.51 bits per heavy atom. The number of hydrogen-bond acceptors (Lipinski definition) is 9. The number of phenolic OH excluding ortho intramolecular Hbond substituents is 1. The lowest BCUT2D eigenvalue weighted by Gasteiger charge is -2.48. The van der Waals surface area contributed by atoms with Crippen LogP contribution in [0, 0.1) is 17.8 Å². The van der Waals surface area contributed by atoms with E-state index in [1.807, 2.05) is 0 Å². The zero-order valence-electron chi connectivity index (χ0n) is 21.6. The number of aliphatic hydroxyl groups is 3. The number of fused-ring (bicyclic) bond motifs is 3. The van der Waals surface area contributed by atoms with Crippen LogP contribution in [0.15, 0.2) is 17.4 Å². The number of benzene rings is 1. The molecule has 3 aliphatic carbocycles. The Kier molecular flexibility index (Phi) is 6.90. The average Bonchev–Trinajstić information content (AvgIpc) is 2.90. The van der Waals surface area contributed by atoms with Gasteiger partial charge in [-0.25, -0.2) is 4.79 Å². The maximum absolute atomic E-state index is 13.8. The molecule has 0 radical (unpaired) electrons. The van der Waals surface area contributed by atoms with Crippen LogP contribution >= 0.6 is 0 Å². The Hall–Kier alpha value is -3.48. The number of aliphatic hydroxyl groups excluding tert-OH is 2. The molecule has 2 unspecified atom stereocenters. The molecule has 7 N–H and O–H groups in total. The number of nitrogens with two attached hydrogens (primary N) is 1. The van der Waals surface area contributed by atoms with Gasteiger partial charge < -0.3 is 41.1 Å². The number of amides is 3. The summed E-state index contributed by atoms with van der Waals surface area (Å²) in [5.74, 6) is -7.41. The normalized spacial score (nSPS) is 30.4. The van der Waals surface area contributed by atoms with Crippen molar-refractivity contribution in [3.8, 4) is 5.75 Å². The number of carbonyl (C=O) groups excluding carboxylic acids is 4. The van der Waals surface area contributed by atoms with Crippen molar-refractivity contribution >= 4 is 23.5 Å². The zero-order chi connectivity index (χ0) is 28.2. The minimum atomic E-state index is -2.55. The third-order valence-electron chi connectivity index (χ3n) is 8.67. The number of Topliss-reactive ketones (excluding diaryl/α,β-unsaturated/α-hetero) is 2. The van der Waals surface area contributed by atoms with Crippen molar-refractivity contribution in [3.05, 3.63) is 39.7 Å². The van der Waals surface area contributed by atoms with E-state index in [-0.39, 0.29) is 48.7 Å². The number of aryl methyl sites for hydroxylation is 1. The number of carbonyl (C=O) groups is 4. The first-order valence-electron chi connectivity index (χ1n) is 13.2. The van der Waals surface area contributed by atoms with Gasteiger partial charge in [0.2, 0.25) is 5.91 Å². The average molecular weight is 544 g/mol. The van der Waals surface area contributed by atoms with Crippen LogP contribution in [0.25, 0.3) is 0 Å². The Labute approximate surface area is 224 Å². The van der Waals surface area contributed by atoms with E-state index in [2.05, 4.69) is 5.32 Å². The summed E-state index contributed by atoms with van der Waals surface area (Å²) in [4.78, 5) is 53.2. The minimum Gasteiger partial charge on any atom is -0.508 e. The summed E-state index contributed by atoms with van der Waals surface area (Å²) >= 11 is 0. The number of nitrogens with zero attached hydrogens (tertiary/aromatic N) is 1. The highest BCUT2D eigenvalue weighted by Gasteiger charge is 2.62. The van der Waals surface area contributed by atoms with Gasteiger partial charge in [0.15, 0.2) is 17.2 Å². The zero-order valence-corrected chi connectivity index (χ0v) is 21.6. The summed E-state index contributed by atoms with van der Waals surface area (Å²) in [5, 5.41) is 47.0. The summed E-state index contributed by atoms with van der Waals surface area (Å²) in [5.41, 5.74) is 4.13. The van der Waals surface area contributed by atoms with Gasteiger partial charge in [0.1, 0.15) is 17.4 Å². The Morgan fingerprint density at radius 1 is 1.18 bits per heavy atom. The van der Waals surface area contributed by atoms with Gasteiger partial charge in [-0.2, -0.15) is 0 Å². The van der Waals surface area contributed by atoms with Crippen LogP contribution in [0.3, 0.4) is 0 Å². The van der Waals surface area contributed by atoms with Crippen LogP contribution in [-0.2, 0) is 33.7 Å². The highest BCUT2D eigenvalue weighted by molar-refractivity contribution is 6.15. The minimum absolute atomic E-state index is 0.0421. The van der Waals surface area contributed by atoms with Crippen molar-refractivity contribution < 1.29 is 44.3 Å². The number of nitrogens with one attached hydrogen (secondary N) is 1. The van der Waals surface area contributed by atoms with Crippen LogP contribution in [-0.4, -0.2) is 86.8 Å². The van der Waals surface area contributed by atoms with Gasteiger partial charge in [-0.3, -0.25) is 14.4 Å². The quantitative estimate of drug-likeness (QED) is 0.279. The fourth-order valence-electron chi connectivity index (χ4n) is 6.61. The lowest BCUT2D eigenvalue weighted by molar-refractivity contribution is -0.167. The molecule has 1 aliphatic heterocycles. The summed E-state index contributed by atoms with van der Waals surface area (Å²) in [7, 11) is 0. The largest absolute Gasteiger partial charge is 0.508 e. The highest BCUT2D eigenvalue weighted by atomic mass is 16.5. The summed E-state index contributed by atoms with van der Waals surface area (Å²) in [6.07, 6.45) is -0.952. The van der Waals surface area contributed by atoms with Crippen molar-refractivity contribution in [1.82, 2.24) is 10.2 Å². The van der Waals surface area contributed by atoms with Crippen molar-refractivity contribution in [2.75, 3.05) is 26.3 Å². The molecule has 5 rings (SSSR count). The van der Waals surface area contributed by atoms with Crippen LogP contribution in [0.5, 0.6) is 5.75 Å². The lowest BCUT2D eigenvalue weighted by atomic mass is 9.57. The van der Waals surface area contributed by atoms with Gasteiger partial charge >= 0.3 is 6.03 Å². The molecule has 3 amide bonds. The fourth-order valence-corrected chi connectivity index (χ4v) is 6.61. The van der Waals surface area contributed by atoms with Gasteiger partial charge in [-0.1, -0.05) is 13.0 Å². The molecular weight excluding hydrogens is 510 g/mol. The van der Waals surface area contributed by atoms with Crippen molar-refractivity contribution in [3.63, 3.8) is 0 Å². The van der Waals surface area contributed by atoms with E-state index in [4.69, 9.17) is 10.5 Å². The number of allylic oxidation sites excluding steroid dienone is 1. The van der Waals surface area contributed by atoms with Gasteiger partial charge in [-0.05, 0) is 48.3 Å². The molecule has 5 atom stereocenters. The van der Waals surface area contributed by atoms with E-state index >= 15 is 0 Å². The molecule has 1 aromatic rings. The van der Waals surface area contributed by atoms with Crippen molar-refractivity contribution in [2.24, 2.45) is 23.5 Å². The summed E-state index contributed by atoms with van der Waals surface area (Å²) < 4.78 is 5.29. The molecule has 12 heteroatoms. The van der Waals surface area contributed by atoms with Gasteiger partial charge in [-0.15, -0.1) is 0 Å². The number of ether oxygens (including phenoxy) is 1. The summed E-state index contributed by atoms with van der Waals surface area (Å²) in [6.45, 7) is 3.71. The smallest absolute Gasteiger partial charge is 0.317 e. The molecule has 1 aromatic carbocycles. The molecule has 1 saturated carbocycles. The van der Waals surface area contributed by atoms with Crippen molar-refractivity contribution in [2.45, 2.75) is 50.9 Å². The third-order valence-corrected chi connectivity index (χ3v) is 8.67. The van der Waals surface area contributed by atoms with Gasteiger partial charge in [0, 0.05) is 31.1 Å². The Balaban J connectivity index is 1.54. The number of urea groups is 1. The molecule has 0 aromatic heterocycles. The number of morpholine rings is 1. The second-order valence-corrected chi connectivity index (χ2v) is 10.7. The SMILES string of the molecule is CCc1cc(CNC(=O)N2CCOCC2)c2c(c1O)C(=O)C1=C(O)[C@]3(O)C(=O)C(C(N)=O)C(O)C[C@@H]3C[C@@H]1C2. The van der Waals surface area contributed by atoms with E-state index in [0.717, 1.165) is 0 Å². The summed E-state index contributed by atoms with van der Waals surface area (Å²) in [6, 6.07) is 1.47. The van der Waals surface area contributed by atoms with Crippen LogP contribution in [0.1, 0.15) is 46.8 Å².